The first-order chi connectivity index (χ1) is 9.88. The summed E-state index contributed by atoms with van der Waals surface area (Å²) in [4.78, 5) is 11.3. The van der Waals surface area contributed by atoms with Gasteiger partial charge in [0.15, 0.2) is 0 Å². The maximum absolute atomic E-state index is 14.0. The molecule has 21 heavy (non-hydrogen) atoms. The molecular weight excluding hydrogens is 267 g/mol. The van der Waals surface area contributed by atoms with E-state index >= 15 is 0 Å². The molecule has 3 atom stereocenters. The van der Waals surface area contributed by atoms with Crippen LogP contribution in [-0.4, -0.2) is 11.9 Å². The maximum atomic E-state index is 14.0. The molecule has 2 rings (SSSR count). The predicted octanol–water partition coefficient (Wildman–Crippen LogP) is 3.80. The molecule has 1 saturated carbocycles. The first-order valence-electron chi connectivity index (χ1n) is 7.74. The first-order valence-corrected chi connectivity index (χ1v) is 7.74. The lowest BCUT2D eigenvalue weighted by molar-refractivity contribution is 0.1000. The Labute approximate surface area is 126 Å². The highest BCUT2D eigenvalue weighted by atomic mass is 19.1. The van der Waals surface area contributed by atoms with Crippen molar-refractivity contribution < 1.29 is 9.18 Å². The Hall–Kier alpha value is -1.58. The van der Waals surface area contributed by atoms with Gasteiger partial charge in [-0.05, 0) is 48.8 Å². The lowest BCUT2D eigenvalue weighted by Crippen LogP contribution is -2.38. The highest BCUT2D eigenvalue weighted by Crippen LogP contribution is 2.35. The molecule has 3 unspecified atom stereocenters. The van der Waals surface area contributed by atoms with Gasteiger partial charge in [0.25, 0.3) is 0 Å². The average molecular weight is 292 g/mol. The molecule has 1 aliphatic carbocycles. The van der Waals surface area contributed by atoms with Crippen molar-refractivity contribution in [2.75, 3.05) is 5.32 Å². The minimum atomic E-state index is -0.532. The van der Waals surface area contributed by atoms with Crippen LogP contribution in [0.1, 0.15) is 50.4 Å². The number of nitrogens with one attached hydrogen (secondary N) is 1. The summed E-state index contributed by atoms with van der Waals surface area (Å²) < 4.78 is 14.0. The molecule has 1 amide bonds. The Bertz CT molecular complexity index is 516. The molecule has 0 spiro atoms. The number of amides is 1. The molecule has 4 heteroatoms. The van der Waals surface area contributed by atoms with Crippen molar-refractivity contribution in [2.45, 2.75) is 46.1 Å². The van der Waals surface area contributed by atoms with Gasteiger partial charge in [0.2, 0.25) is 5.91 Å². The van der Waals surface area contributed by atoms with Crippen LogP contribution < -0.4 is 11.1 Å². The van der Waals surface area contributed by atoms with E-state index in [0.717, 1.165) is 12.8 Å². The number of nitrogens with two attached hydrogens (primary N) is 1. The maximum Gasteiger partial charge on any atom is 0.248 e. The second kappa shape index (κ2) is 6.46. The number of hydrogen-bond acceptors (Lipinski definition) is 2. The lowest BCUT2D eigenvalue weighted by atomic mass is 9.74. The Morgan fingerprint density at radius 1 is 1.38 bits per heavy atom. The van der Waals surface area contributed by atoms with Gasteiger partial charge >= 0.3 is 0 Å². The second-order valence-electron chi connectivity index (χ2n) is 6.64. The van der Waals surface area contributed by atoms with Crippen LogP contribution in [0, 0.1) is 23.6 Å². The highest BCUT2D eigenvalue weighted by Gasteiger charge is 2.31. The molecule has 0 saturated heterocycles. The zero-order valence-corrected chi connectivity index (χ0v) is 13.0. The fourth-order valence-corrected chi connectivity index (χ4v) is 3.36. The molecule has 3 N–H and O–H groups in total. The van der Waals surface area contributed by atoms with Crippen molar-refractivity contribution in [2.24, 2.45) is 23.5 Å². The average Bonchev–Trinajstić information content (AvgIpc) is 2.40. The van der Waals surface area contributed by atoms with Gasteiger partial charge in [0, 0.05) is 11.6 Å². The Morgan fingerprint density at radius 2 is 2.10 bits per heavy atom. The van der Waals surface area contributed by atoms with Gasteiger partial charge < -0.3 is 11.1 Å². The van der Waals surface area contributed by atoms with E-state index in [0.29, 0.717) is 29.0 Å². The first kappa shape index (κ1) is 15.8. The molecular formula is C17H25FN2O. The van der Waals surface area contributed by atoms with E-state index in [1.165, 1.54) is 24.6 Å². The molecule has 1 aliphatic rings. The van der Waals surface area contributed by atoms with Crippen LogP contribution in [0.3, 0.4) is 0 Å². The van der Waals surface area contributed by atoms with Gasteiger partial charge in [-0.15, -0.1) is 0 Å². The Balaban J connectivity index is 2.22. The molecule has 116 valence electrons. The monoisotopic (exact) mass is 292 g/mol. The van der Waals surface area contributed by atoms with Crippen molar-refractivity contribution in [3.05, 3.63) is 29.6 Å². The minimum absolute atomic E-state index is 0.242. The van der Waals surface area contributed by atoms with E-state index < -0.39 is 5.91 Å². The number of hydrogen-bond donors (Lipinski definition) is 2. The number of benzene rings is 1. The van der Waals surface area contributed by atoms with Crippen molar-refractivity contribution in [3.8, 4) is 0 Å². The molecule has 0 radical (unpaired) electrons. The summed E-state index contributed by atoms with van der Waals surface area (Å²) in [6.45, 7) is 6.67. The van der Waals surface area contributed by atoms with E-state index in [4.69, 9.17) is 5.73 Å². The Morgan fingerprint density at radius 3 is 2.71 bits per heavy atom. The molecule has 3 nitrogen and oxygen atoms in total. The SMILES string of the molecule is CC1CCC(C(C)C)C(Nc2cc(C(N)=O)ccc2F)C1. The minimum Gasteiger partial charge on any atom is -0.380 e. The second-order valence-corrected chi connectivity index (χ2v) is 6.64. The summed E-state index contributed by atoms with van der Waals surface area (Å²) in [5.41, 5.74) is 6.00. The van der Waals surface area contributed by atoms with Gasteiger partial charge in [0.1, 0.15) is 5.82 Å². The van der Waals surface area contributed by atoms with E-state index in [1.54, 1.807) is 0 Å². The topological polar surface area (TPSA) is 55.1 Å². The van der Waals surface area contributed by atoms with Crippen molar-refractivity contribution in [1.82, 2.24) is 0 Å². The fourth-order valence-electron chi connectivity index (χ4n) is 3.36. The van der Waals surface area contributed by atoms with Crippen LogP contribution in [0.5, 0.6) is 0 Å². The predicted molar refractivity (Wildman–Crippen MR) is 83.7 cm³/mol. The standard InChI is InChI=1S/C17H25FN2O/c1-10(2)13-6-4-11(3)8-15(13)20-16-9-12(17(19)21)5-7-14(16)18/h5,7,9-11,13,15,20H,4,6,8H2,1-3H3,(H2,19,21). The summed E-state index contributed by atoms with van der Waals surface area (Å²) in [6.07, 6.45) is 3.42. The third kappa shape index (κ3) is 3.74. The van der Waals surface area contributed by atoms with Gasteiger partial charge in [-0.3, -0.25) is 4.79 Å². The molecule has 0 aromatic heterocycles. The molecule has 0 bridgehead atoms. The van der Waals surface area contributed by atoms with Crippen molar-refractivity contribution in [3.63, 3.8) is 0 Å². The molecule has 1 aromatic carbocycles. The largest absolute Gasteiger partial charge is 0.380 e. The summed E-state index contributed by atoms with van der Waals surface area (Å²) in [6, 6.07) is 4.49. The summed E-state index contributed by atoms with van der Waals surface area (Å²) in [5, 5.41) is 3.32. The summed E-state index contributed by atoms with van der Waals surface area (Å²) in [5.74, 6) is 0.853. The molecule has 0 heterocycles. The number of anilines is 1. The zero-order valence-electron chi connectivity index (χ0n) is 13.0. The van der Waals surface area contributed by atoms with Crippen LogP contribution in [0.2, 0.25) is 0 Å². The van der Waals surface area contributed by atoms with Crippen molar-refractivity contribution in [1.29, 1.82) is 0 Å². The number of carbonyl (C=O) groups is 1. The van der Waals surface area contributed by atoms with Crippen molar-refractivity contribution >= 4 is 11.6 Å². The summed E-state index contributed by atoms with van der Waals surface area (Å²) in [7, 11) is 0. The van der Waals surface area contributed by atoms with Crippen LogP contribution in [0.25, 0.3) is 0 Å². The molecule has 1 aromatic rings. The van der Waals surface area contributed by atoms with Crippen LogP contribution in [0.15, 0.2) is 18.2 Å². The molecule has 0 aliphatic heterocycles. The van der Waals surface area contributed by atoms with E-state index in [1.807, 2.05) is 0 Å². The quantitative estimate of drug-likeness (QED) is 0.887. The van der Waals surface area contributed by atoms with Gasteiger partial charge in [0.05, 0.1) is 5.69 Å². The van der Waals surface area contributed by atoms with E-state index in [-0.39, 0.29) is 11.9 Å². The van der Waals surface area contributed by atoms with Gasteiger partial charge in [-0.25, -0.2) is 4.39 Å². The number of primary amides is 1. The highest BCUT2D eigenvalue weighted by molar-refractivity contribution is 5.93. The summed E-state index contributed by atoms with van der Waals surface area (Å²) >= 11 is 0. The number of rotatable bonds is 4. The number of carbonyl (C=O) groups excluding carboxylic acids is 1. The molecule has 1 fully saturated rings. The lowest BCUT2D eigenvalue weighted by Gasteiger charge is -2.38. The third-order valence-electron chi connectivity index (χ3n) is 4.61. The fraction of sp³-hybridized carbons (Fsp3) is 0.588. The third-order valence-corrected chi connectivity index (χ3v) is 4.61. The van der Waals surface area contributed by atoms with E-state index in [2.05, 4.69) is 26.1 Å². The van der Waals surface area contributed by atoms with Gasteiger partial charge in [-0.2, -0.15) is 0 Å². The van der Waals surface area contributed by atoms with Crippen LogP contribution in [0.4, 0.5) is 10.1 Å². The zero-order chi connectivity index (χ0) is 15.6. The van der Waals surface area contributed by atoms with Gasteiger partial charge in [-0.1, -0.05) is 27.2 Å². The smallest absolute Gasteiger partial charge is 0.248 e. The van der Waals surface area contributed by atoms with Crippen LogP contribution >= 0.6 is 0 Å². The Kier molecular flexibility index (Phi) is 4.86. The normalized spacial score (nSPS) is 25.9. The number of halogens is 1. The van der Waals surface area contributed by atoms with Crippen LogP contribution in [-0.2, 0) is 0 Å². The van der Waals surface area contributed by atoms with E-state index in [9.17, 15) is 9.18 Å².